The molecule has 31 heavy (non-hydrogen) atoms. The number of ether oxygens (including phenoxy) is 2. The summed E-state index contributed by atoms with van der Waals surface area (Å²) in [6, 6.07) is 5.20. The molecule has 1 saturated carbocycles. The van der Waals surface area contributed by atoms with E-state index in [1.165, 1.54) is 0 Å². The van der Waals surface area contributed by atoms with E-state index in [0.717, 1.165) is 18.2 Å². The highest BCUT2D eigenvalue weighted by molar-refractivity contribution is 7.92. The molecule has 2 rings (SSSR count). The molecule has 1 amide bonds. The van der Waals surface area contributed by atoms with Gasteiger partial charge in [0, 0.05) is 6.61 Å². The topological polar surface area (TPSA) is 137 Å². The number of carbonyl (C=O) groups excluding carboxylic acids is 2. The number of nitriles is 1. The van der Waals surface area contributed by atoms with Crippen molar-refractivity contribution in [3.05, 3.63) is 29.8 Å². The van der Waals surface area contributed by atoms with E-state index in [4.69, 9.17) is 20.5 Å². The van der Waals surface area contributed by atoms with Crippen molar-refractivity contribution in [2.45, 2.75) is 48.6 Å². The molecule has 1 aromatic carbocycles. The zero-order valence-corrected chi connectivity index (χ0v) is 17.3. The summed E-state index contributed by atoms with van der Waals surface area (Å²) in [5, 5.41) is 7.08. The molecule has 2 N–H and O–H groups in total. The van der Waals surface area contributed by atoms with Crippen LogP contribution >= 0.6 is 0 Å². The highest BCUT2D eigenvalue weighted by Gasteiger charge is 2.62. The first-order valence-corrected chi connectivity index (χ1v) is 10.8. The molecule has 0 aromatic heterocycles. The predicted molar refractivity (Wildman–Crippen MR) is 99.9 cm³/mol. The van der Waals surface area contributed by atoms with Crippen LogP contribution in [0, 0.1) is 16.7 Å². The number of hydrogen-bond donors (Lipinski definition) is 1. The quantitative estimate of drug-likeness (QED) is 0.461. The Morgan fingerprint density at radius 2 is 1.97 bits per heavy atom. The Morgan fingerprint density at radius 1 is 1.32 bits per heavy atom. The maximum absolute atomic E-state index is 13.4. The number of nitrogens with two attached hydrogens (primary N) is 1. The number of amides is 1. The molecule has 3 atom stereocenters. The van der Waals surface area contributed by atoms with Crippen molar-refractivity contribution in [2.75, 3.05) is 13.2 Å². The van der Waals surface area contributed by atoms with Gasteiger partial charge in [-0.05, 0) is 31.4 Å². The minimum absolute atomic E-state index is 0.0388. The lowest BCUT2D eigenvalue weighted by atomic mass is 9.83. The van der Waals surface area contributed by atoms with Crippen molar-refractivity contribution in [1.29, 1.82) is 5.26 Å². The van der Waals surface area contributed by atoms with Crippen molar-refractivity contribution in [3.63, 3.8) is 0 Å². The van der Waals surface area contributed by atoms with E-state index in [1.807, 2.05) is 0 Å². The van der Waals surface area contributed by atoms with Crippen LogP contribution in [0.5, 0.6) is 0 Å². The second-order valence-corrected chi connectivity index (χ2v) is 9.23. The van der Waals surface area contributed by atoms with Crippen LogP contribution < -0.4 is 5.73 Å². The first-order chi connectivity index (χ1) is 14.4. The lowest BCUT2D eigenvalue weighted by Gasteiger charge is -2.29. The van der Waals surface area contributed by atoms with Crippen LogP contribution in [0.25, 0.3) is 0 Å². The molecular weight excluding hydrogens is 441 g/mol. The second-order valence-electron chi connectivity index (χ2n) is 7.03. The molecule has 0 aliphatic heterocycles. The summed E-state index contributed by atoms with van der Waals surface area (Å²) in [7, 11) is -4.65. The average Bonchev–Trinajstić information content (AvgIpc) is 3.11. The largest absolute Gasteiger partial charge is 0.449 e. The number of sulfone groups is 1. The van der Waals surface area contributed by atoms with Gasteiger partial charge in [0.25, 0.3) is 0 Å². The number of alkyl halides is 3. The molecule has 12 heteroatoms. The summed E-state index contributed by atoms with van der Waals surface area (Å²) >= 11 is 0. The standard InChI is InChI=1S/C19H21F3N2O6S/c1-2-8-29-15-10-12(11-18(15,16(24)25)17(26)30-9-7-23)31(27,28)14-6-4-3-5-13(14)19(20,21)22/h3-6,12,15H,2,8-11H2,1H3,(H2,24,25)/t12-,15+,18+/m0/s1. The minimum Gasteiger partial charge on any atom is -0.449 e. The Morgan fingerprint density at radius 3 is 2.52 bits per heavy atom. The third kappa shape index (κ3) is 4.67. The van der Waals surface area contributed by atoms with Gasteiger partial charge in [-0.1, -0.05) is 19.1 Å². The lowest BCUT2D eigenvalue weighted by molar-refractivity contribution is -0.168. The molecule has 1 fully saturated rings. The molecule has 0 spiro atoms. The number of nitrogens with zero attached hydrogens (tertiary/aromatic N) is 1. The van der Waals surface area contributed by atoms with E-state index in [2.05, 4.69) is 0 Å². The second kappa shape index (κ2) is 9.23. The smallest absolute Gasteiger partial charge is 0.417 e. The number of halogens is 3. The number of rotatable bonds is 8. The Bertz CT molecular complexity index is 989. The molecule has 0 heterocycles. The van der Waals surface area contributed by atoms with Crippen molar-refractivity contribution in [1.82, 2.24) is 0 Å². The number of primary amides is 1. The van der Waals surface area contributed by atoms with Gasteiger partial charge < -0.3 is 15.2 Å². The van der Waals surface area contributed by atoms with E-state index in [1.54, 1.807) is 13.0 Å². The van der Waals surface area contributed by atoms with Gasteiger partial charge in [-0.15, -0.1) is 0 Å². The Labute approximate surface area is 177 Å². The summed E-state index contributed by atoms with van der Waals surface area (Å²) in [5.41, 5.74) is 1.82. The molecular formula is C19H21F3N2O6S. The van der Waals surface area contributed by atoms with E-state index in [0.29, 0.717) is 12.5 Å². The fraction of sp³-hybridized carbons (Fsp3) is 0.526. The normalized spacial score (nSPS) is 23.8. The van der Waals surface area contributed by atoms with Gasteiger partial charge in [-0.25, -0.2) is 8.42 Å². The van der Waals surface area contributed by atoms with Gasteiger partial charge in [0.1, 0.15) is 6.07 Å². The SMILES string of the molecule is CCCO[C@@H]1C[C@H](S(=O)(=O)c2ccccc2C(F)(F)F)C[C@@]1(C(N)=O)C(=O)OCC#N. The van der Waals surface area contributed by atoms with Crippen LogP contribution in [0.3, 0.4) is 0 Å². The van der Waals surface area contributed by atoms with Gasteiger partial charge >= 0.3 is 12.1 Å². The Kier molecular flexibility index (Phi) is 7.33. The zero-order valence-electron chi connectivity index (χ0n) is 16.5. The monoisotopic (exact) mass is 462 g/mol. The van der Waals surface area contributed by atoms with Crippen LogP contribution in [0.2, 0.25) is 0 Å². The molecule has 170 valence electrons. The van der Waals surface area contributed by atoms with Crippen molar-refractivity contribution in [2.24, 2.45) is 11.1 Å². The van der Waals surface area contributed by atoms with Gasteiger partial charge in [-0.3, -0.25) is 9.59 Å². The van der Waals surface area contributed by atoms with E-state index >= 15 is 0 Å². The maximum atomic E-state index is 13.4. The molecule has 8 nitrogen and oxygen atoms in total. The third-order valence-corrected chi connectivity index (χ3v) is 7.31. The first kappa shape index (κ1) is 24.6. The van der Waals surface area contributed by atoms with Crippen LogP contribution in [-0.4, -0.2) is 44.9 Å². The summed E-state index contributed by atoms with van der Waals surface area (Å²) in [6.07, 6.45) is -7.00. The molecule has 1 aromatic rings. The lowest BCUT2D eigenvalue weighted by Crippen LogP contribution is -2.51. The van der Waals surface area contributed by atoms with Crippen LogP contribution in [0.15, 0.2) is 29.2 Å². The minimum atomic E-state index is -4.94. The molecule has 1 aliphatic carbocycles. The molecule has 0 radical (unpaired) electrons. The number of hydrogen-bond acceptors (Lipinski definition) is 7. The average molecular weight is 462 g/mol. The van der Waals surface area contributed by atoms with Crippen molar-refractivity contribution < 1.29 is 40.7 Å². The van der Waals surface area contributed by atoms with Gasteiger partial charge in [0.2, 0.25) is 5.91 Å². The van der Waals surface area contributed by atoms with E-state index in [-0.39, 0.29) is 6.61 Å². The van der Waals surface area contributed by atoms with Crippen molar-refractivity contribution in [3.8, 4) is 6.07 Å². The van der Waals surface area contributed by atoms with Gasteiger partial charge in [0.05, 0.1) is 21.8 Å². The van der Waals surface area contributed by atoms with Crippen LogP contribution in [-0.2, 0) is 35.1 Å². The number of benzene rings is 1. The number of esters is 1. The zero-order chi connectivity index (χ0) is 23.4. The molecule has 0 bridgehead atoms. The predicted octanol–water partition coefficient (Wildman–Crippen LogP) is 1.98. The highest BCUT2D eigenvalue weighted by Crippen LogP contribution is 2.47. The maximum Gasteiger partial charge on any atom is 0.417 e. The molecule has 1 aliphatic rings. The number of carbonyl (C=O) groups is 2. The summed E-state index contributed by atoms with van der Waals surface area (Å²) in [5.74, 6) is -2.48. The summed E-state index contributed by atoms with van der Waals surface area (Å²) in [6.45, 7) is 1.04. The summed E-state index contributed by atoms with van der Waals surface area (Å²) in [4.78, 5) is 24.0. The Balaban J connectivity index is 2.56. The highest BCUT2D eigenvalue weighted by atomic mass is 32.2. The Hall–Kier alpha value is -2.65. The third-order valence-electron chi connectivity index (χ3n) is 5.11. The van der Waals surface area contributed by atoms with E-state index < -0.39 is 74.6 Å². The van der Waals surface area contributed by atoms with Gasteiger partial charge in [0.15, 0.2) is 21.9 Å². The fourth-order valence-corrected chi connectivity index (χ4v) is 5.68. The summed E-state index contributed by atoms with van der Waals surface area (Å²) < 4.78 is 76.7. The van der Waals surface area contributed by atoms with E-state index in [9.17, 15) is 31.2 Å². The van der Waals surface area contributed by atoms with Crippen LogP contribution in [0.1, 0.15) is 31.7 Å². The van der Waals surface area contributed by atoms with Crippen LogP contribution in [0.4, 0.5) is 13.2 Å². The fourth-order valence-electron chi connectivity index (χ4n) is 3.65. The van der Waals surface area contributed by atoms with Crippen molar-refractivity contribution >= 4 is 21.7 Å². The molecule has 0 unspecified atom stereocenters. The van der Waals surface area contributed by atoms with Gasteiger partial charge in [-0.2, -0.15) is 18.4 Å². The first-order valence-electron chi connectivity index (χ1n) is 9.28. The molecule has 0 saturated heterocycles.